The van der Waals surface area contributed by atoms with Crippen molar-refractivity contribution in [3.05, 3.63) is 29.6 Å². The molecular weight excluding hydrogens is 311 g/mol. The smallest absolute Gasteiger partial charge is 0.220 e. The molecular formula is C18H25FN2O3. The van der Waals surface area contributed by atoms with Gasteiger partial charge >= 0.3 is 0 Å². The van der Waals surface area contributed by atoms with Crippen LogP contribution in [0.3, 0.4) is 0 Å². The summed E-state index contributed by atoms with van der Waals surface area (Å²) >= 11 is 0. The van der Waals surface area contributed by atoms with Crippen LogP contribution in [-0.4, -0.2) is 31.4 Å². The van der Waals surface area contributed by atoms with Crippen molar-refractivity contribution in [2.75, 3.05) is 13.7 Å². The summed E-state index contributed by atoms with van der Waals surface area (Å²) < 4.78 is 18.5. The van der Waals surface area contributed by atoms with Gasteiger partial charge in [-0.2, -0.15) is 0 Å². The molecule has 1 aromatic rings. The molecule has 1 saturated carbocycles. The zero-order valence-corrected chi connectivity index (χ0v) is 14.0. The lowest BCUT2D eigenvalue weighted by atomic mass is 9.84. The van der Waals surface area contributed by atoms with Crippen LogP contribution in [0.25, 0.3) is 0 Å². The minimum absolute atomic E-state index is 0.0532. The van der Waals surface area contributed by atoms with E-state index >= 15 is 0 Å². The number of Topliss-reactive ketones (excluding diaryl/α,β-unsaturated/α-hetero) is 1. The first kappa shape index (κ1) is 18.4. The maximum atomic E-state index is 13.6. The first-order chi connectivity index (χ1) is 11.5. The number of carbonyl (C=O) groups is 2. The topological polar surface area (TPSA) is 81.4 Å². The Morgan fingerprint density at radius 1 is 1.29 bits per heavy atom. The van der Waals surface area contributed by atoms with E-state index in [1.165, 1.54) is 19.2 Å². The summed E-state index contributed by atoms with van der Waals surface area (Å²) in [5.74, 6) is -0.585. The summed E-state index contributed by atoms with van der Waals surface area (Å²) in [6, 6.07) is 4.17. The van der Waals surface area contributed by atoms with Crippen molar-refractivity contribution in [3.63, 3.8) is 0 Å². The number of carbonyl (C=O) groups excluding carboxylic acids is 2. The molecule has 1 amide bonds. The molecule has 5 nitrogen and oxygen atoms in total. The highest BCUT2D eigenvalue weighted by atomic mass is 19.1. The van der Waals surface area contributed by atoms with E-state index in [0.717, 1.165) is 31.7 Å². The van der Waals surface area contributed by atoms with Gasteiger partial charge in [0.25, 0.3) is 0 Å². The van der Waals surface area contributed by atoms with Crippen LogP contribution in [-0.2, 0) is 4.79 Å². The number of hydrogen-bond donors (Lipinski definition) is 2. The van der Waals surface area contributed by atoms with Crippen molar-refractivity contribution in [2.24, 2.45) is 11.7 Å². The fourth-order valence-electron chi connectivity index (χ4n) is 3.17. The molecule has 0 radical (unpaired) electrons. The Morgan fingerprint density at radius 3 is 2.71 bits per heavy atom. The molecule has 0 saturated heterocycles. The molecule has 1 aliphatic rings. The Bertz CT molecular complexity index is 592. The van der Waals surface area contributed by atoms with E-state index in [4.69, 9.17) is 10.5 Å². The fraction of sp³-hybridized carbons (Fsp3) is 0.556. The highest BCUT2D eigenvalue weighted by Crippen LogP contribution is 2.24. The SMILES string of the molecule is COc1ccc(C(=O)CCC(=O)NC2CCCCC2CN)cc1F. The Kier molecular flexibility index (Phi) is 6.73. The summed E-state index contributed by atoms with van der Waals surface area (Å²) in [4.78, 5) is 24.2. The quantitative estimate of drug-likeness (QED) is 0.749. The van der Waals surface area contributed by atoms with Crippen LogP contribution >= 0.6 is 0 Å². The number of amides is 1. The Balaban J connectivity index is 1.84. The molecule has 24 heavy (non-hydrogen) atoms. The predicted molar refractivity (Wildman–Crippen MR) is 89.5 cm³/mol. The maximum Gasteiger partial charge on any atom is 0.220 e. The number of rotatable bonds is 7. The largest absolute Gasteiger partial charge is 0.494 e. The summed E-state index contributed by atoms with van der Waals surface area (Å²) in [5, 5.41) is 2.99. The van der Waals surface area contributed by atoms with Crippen molar-refractivity contribution in [1.29, 1.82) is 0 Å². The molecule has 2 rings (SSSR count). The van der Waals surface area contributed by atoms with E-state index in [2.05, 4.69) is 5.32 Å². The van der Waals surface area contributed by atoms with Gasteiger partial charge in [-0.3, -0.25) is 9.59 Å². The molecule has 2 atom stereocenters. The third kappa shape index (κ3) is 4.77. The van der Waals surface area contributed by atoms with Gasteiger partial charge in [-0.25, -0.2) is 4.39 Å². The molecule has 2 unspecified atom stereocenters. The van der Waals surface area contributed by atoms with Crippen molar-refractivity contribution in [2.45, 2.75) is 44.6 Å². The van der Waals surface area contributed by atoms with Gasteiger partial charge in [0.1, 0.15) is 0 Å². The van der Waals surface area contributed by atoms with E-state index in [9.17, 15) is 14.0 Å². The fourth-order valence-corrected chi connectivity index (χ4v) is 3.17. The Hall–Kier alpha value is -1.95. The Morgan fingerprint density at radius 2 is 2.04 bits per heavy atom. The van der Waals surface area contributed by atoms with Gasteiger partial charge in [0.15, 0.2) is 17.3 Å². The highest BCUT2D eigenvalue weighted by Gasteiger charge is 2.25. The number of ketones is 1. The van der Waals surface area contributed by atoms with Crippen molar-refractivity contribution < 1.29 is 18.7 Å². The van der Waals surface area contributed by atoms with Crippen LogP contribution in [0.1, 0.15) is 48.9 Å². The van der Waals surface area contributed by atoms with E-state index in [1.807, 2.05) is 0 Å². The standard InChI is InChI=1S/C18H25FN2O3/c1-24-17-8-6-12(10-14(17)19)16(22)7-9-18(23)21-15-5-3-2-4-13(15)11-20/h6,8,10,13,15H,2-5,7,9,11,20H2,1H3,(H,21,23). The van der Waals surface area contributed by atoms with Crippen LogP contribution in [0.2, 0.25) is 0 Å². The predicted octanol–water partition coefficient (Wildman–Crippen LogP) is 2.43. The van der Waals surface area contributed by atoms with Crippen LogP contribution in [0, 0.1) is 11.7 Å². The van der Waals surface area contributed by atoms with Crippen molar-refractivity contribution in [1.82, 2.24) is 5.32 Å². The molecule has 132 valence electrons. The van der Waals surface area contributed by atoms with Gasteiger partial charge < -0.3 is 15.8 Å². The van der Waals surface area contributed by atoms with Gasteiger partial charge in [0.2, 0.25) is 5.91 Å². The molecule has 1 aliphatic carbocycles. The van der Waals surface area contributed by atoms with Crippen molar-refractivity contribution in [3.8, 4) is 5.75 Å². The summed E-state index contributed by atoms with van der Waals surface area (Å²) in [6.45, 7) is 0.564. The minimum Gasteiger partial charge on any atom is -0.494 e. The number of halogens is 1. The Labute approximate surface area is 141 Å². The maximum absolute atomic E-state index is 13.6. The first-order valence-corrected chi connectivity index (χ1v) is 8.41. The summed E-state index contributed by atoms with van der Waals surface area (Å²) in [6.07, 6.45) is 4.36. The molecule has 0 spiro atoms. The second-order valence-electron chi connectivity index (χ2n) is 6.23. The third-order valence-corrected chi connectivity index (χ3v) is 4.61. The number of benzene rings is 1. The van der Waals surface area contributed by atoms with Gasteiger partial charge in [0.05, 0.1) is 7.11 Å². The lowest BCUT2D eigenvalue weighted by Gasteiger charge is -2.31. The van der Waals surface area contributed by atoms with Gasteiger partial charge in [-0.15, -0.1) is 0 Å². The van der Waals surface area contributed by atoms with E-state index in [-0.39, 0.29) is 41.9 Å². The van der Waals surface area contributed by atoms with Gasteiger partial charge in [0, 0.05) is 24.4 Å². The molecule has 1 fully saturated rings. The second kappa shape index (κ2) is 8.78. The summed E-state index contributed by atoms with van der Waals surface area (Å²) in [5.41, 5.74) is 6.00. The lowest BCUT2D eigenvalue weighted by Crippen LogP contribution is -2.44. The zero-order chi connectivity index (χ0) is 17.5. The average Bonchev–Trinajstić information content (AvgIpc) is 2.60. The normalized spacial score (nSPS) is 20.5. The molecule has 6 heteroatoms. The first-order valence-electron chi connectivity index (χ1n) is 8.41. The van der Waals surface area contributed by atoms with E-state index < -0.39 is 5.82 Å². The number of nitrogens with two attached hydrogens (primary N) is 1. The van der Waals surface area contributed by atoms with Crippen molar-refractivity contribution >= 4 is 11.7 Å². The molecule has 0 heterocycles. The van der Waals surface area contributed by atoms with Crippen LogP contribution in [0.5, 0.6) is 5.75 Å². The van der Waals surface area contributed by atoms with Gasteiger partial charge in [-0.05, 0) is 43.5 Å². The lowest BCUT2D eigenvalue weighted by molar-refractivity contribution is -0.122. The number of nitrogens with one attached hydrogen (secondary N) is 1. The number of ether oxygens (including phenoxy) is 1. The van der Waals surface area contributed by atoms with Crippen LogP contribution in [0.15, 0.2) is 18.2 Å². The van der Waals surface area contributed by atoms with E-state index in [1.54, 1.807) is 0 Å². The molecule has 3 N–H and O–H groups in total. The number of methoxy groups -OCH3 is 1. The van der Waals surface area contributed by atoms with Crippen LogP contribution < -0.4 is 15.8 Å². The number of hydrogen-bond acceptors (Lipinski definition) is 4. The van der Waals surface area contributed by atoms with Gasteiger partial charge in [-0.1, -0.05) is 12.8 Å². The van der Waals surface area contributed by atoms with E-state index in [0.29, 0.717) is 12.5 Å². The van der Waals surface area contributed by atoms with Crippen LogP contribution in [0.4, 0.5) is 4.39 Å². The summed E-state index contributed by atoms with van der Waals surface area (Å²) in [7, 11) is 1.37. The average molecular weight is 336 g/mol. The second-order valence-corrected chi connectivity index (χ2v) is 6.23. The molecule has 0 aliphatic heterocycles. The zero-order valence-electron chi connectivity index (χ0n) is 14.0. The molecule has 0 aromatic heterocycles. The third-order valence-electron chi connectivity index (χ3n) is 4.61. The molecule has 1 aromatic carbocycles. The highest BCUT2D eigenvalue weighted by molar-refractivity contribution is 5.98. The minimum atomic E-state index is -0.583. The monoisotopic (exact) mass is 336 g/mol. The molecule has 0 bridgehead atoms.